The fourth-order valence-corrected chi connectivity index (χ4v) is 5.71. The third kappa shape index (κ3) is 8.25. The van der Waals surface area contributed by atoms with Gasteiger partial charge in [0.25, 0.3) is 0 Å². The summed E-state index contributed by atoms with van der Waals surface area (Å²) in [5.41, 5.74) is 2.67. The molecule has 0 bridgehead atoms. The number of rotatable bonds is 8. The Morgan fingerprint density at radius 1 is 1.05 bits per heavy atom. The Bertz CT molecular complexity index is 1680. The van der Waals surface area contributed by atoms with Crippen LogP contribution in [0.15, 0.2) is 48.9 Å². The maximum atomic E-state index is 13.6. The number of hydrogen-bond donors (Lipinski definition) is 1. The van der Waals surface area contributed by atoms with Crippen LogP contribution in [-0.2, 0) is 25.1 Å². The van der Waals surface area contributed by atoms with Crippen LogP contribution in [0.4, 0.5) is 13.2 Å². The number of aryl methyl sites for hydroxylation is 2. The van der Waals surface area contributed by atoms with Gasteiger partial charge in [0.15, 0.2) is 27.3 Å². The van der Waals surface area contributed by atoms with Gasteiger partial charge in [0.1, 0.15) is 17.6 Å². The van der Waals surface area contributed by atoms with E-state index in [1.165, 1.54) is 7.11 Å². The minimum atomic E-state index is -5.08. The number of aliphatic carboxylic acids is 1. The second kappa shape index (κ2) is 13.8. The van der Waals surface area contributed by atoms with Crippen molar-refractivity contribution in [1.82, 2.24) is 29.7 Å². The molecule has 230 valence electrons. The van der Waals surface area contributed by atoms with Crippen molar-refractivity contribution in [2.24, 2.45) is 0 Å². The number of carbonyl (C=O) groups is 1. The second-order valence-electron chi connectivity index (χ2n) is 9.15. The molecule has 1 N–H and O–H groups in total. The predicted octanol–water partition coefficient (Wildman–Crippen LogP) is 5.37. The van der Waals surface area contributed by atoms with Crippen LogP contribution >= 0.6 is 23.2 Å². The lowest BCUT2D eigenvalue weighted by Gasteiger charge is -2.22. The molecule has 0 saturated carbocycles. The maximum Gasteiger partial charge on any atom is 0.490 e. The highest BCUT2D eigenvalue weighted by Gasteiger charge is 2.38. The quantitative estimate of drug-likeness (QED) is 0.261. The summed E-state index contributed by atoms with van der Waals surface area (Å²) in [6.07, 6.45) is -1.09. The van der Waals surface area contributed by atoms with Crippen LogP contribution in [0.1, 0.15) is 35.8 Å². The lowest BCUT2D eigenvalue weighted by molar-refractivity contribution is -0.192. The minimum Gasteiger partial charge on any atom is -0.475 e. The van der Waals surface area contributed by atoms with Crippen LogP contribution in [-0.4, -0.2) is 67.7 Å². The number of carboxylic acid groups (broad SMARTS) is 1. The monoisotopic (exact) mass is 660 g/mol. The summed E-state index contributed by atoms with van der Waals surface area (Å²) >= 11 is 13.0. The number of carboxylic acids is 1. The first-order chi connectivity index (χ1) is 20.1. The van der Waals surface area contributed by atoms with E-state index in [0.29, 0.717) is 27.3 Å². The van der Waals surface area contributed by atoms with E-state index in [1.807, 2.05) is 26.0 Å². The van der Waals surface area contributed by atoms with Crippen LogP contribution in [0, 0.1) is 13.8 Å². The summed E-state index contributed by atoms with van der Waals surface area (Å²) in [4.78, 5) is 21.8. The number of halogens is 5. The summed E-state index contributed by atoms with van der Waals surface area (Å²) in [7, 11) is -2.43. The molecule has 0 aliphatic rings. The fourth-order valence-electron chi connectivity index (χ4n) is 3.73. The van der Waals surface area contributed by atoms with Gasteiger partial charge < -0.3 is 9.84 Å². The van der Waals surface area contributed by atoms with Gasteiger partial charge in [-0.15, -0.1) is 10.2 Å². The van der Waals surface area contributed by atoms with Crippen LogP contribution in [0.3, 0.4) is 0 Å². The predicted molar refractivity (Wildman–Crippen MR) is 152 cm³/mol. The molecule has 43 heavy (non-hydrogen) atoms. The van der Waals surface area contributed by atoms with Gasteiger partial charge in [-0.3, -0.25) is 9.55 Å². The molecule has 4 aromatic rings. The number of alkyl halides is 3. The Balaban J connectivity index is 0.000000646. The Hall–Kier alpha value is -3.66. The van der Waals surface area contributed by atoms with Crippen molar-refractivity contribution in [1.29, 1.82) is 0 Å². The average molecular weight is 661 g/mol. The first-order valence-corrected chi connectivity index (χ1v) is 14.7. The molecule has 0 fully saturated rings. The molecule has 1 aromatic carbocycles. The van der Waals surface area contributed by atoms with Crippen molar-refractivity contribution in [3.8, 4) is 17.2 Å². The van der Waals surface area contributed by atoms with Crippen LogP contribution in [0.25, 0.3) is 17.2 Å². The molecule has 0 radical (unpaired) electrons. The number of benzene rings is 1. The maximum absolute atomic E-state index is 13.6. The van der Waals surface area contributed by atoms with Crippen molar-refractivity contribution in [3.63, 3.8) is 0 Å². The molecule has 17 heteroatoms. The van der Waals surface area contributed by atoms with Gasteiger partial charge in [-0.2, -0.15) is 13.2 Å². The average Bonchev–Trinajstić information content (AvgIpc) is 3.32. The van der Waals surface area contributed by atoms with E-state index >= 15 is 0 Å². The number of pyridine rings is 1. The smallest absolute Gasteiger partial charge is 0.475 e. The fraction of sp³-hybridized carbons (Fsp3) is 0.308. The van der Waals surface area contributed by atoms with Gasteiger partial charge in [-0.1, -0.05) is 29.3 Å². The molecule has 0 saturated heterocycles. The molecule has 0 aliphatic heterocycles. The van der Waals surface area contributed by atoms with E-state index < -0.39 is 39.1 Å². The normalized spacial score (nSPS) is 13.1. The number of para-hydroxylation sites is 1. The molecule has 0 unspecified atom stereocenters. The molecular formula is C26H25Cl2F3N6O5S. The summed E-state index contributed by atoms with van der Waals surface area (Å²) in [6, 6.07) is 8.69. The Labute approximate surface area is 254 Å². The highest BCUT2D eigenvalue weighted by molar-refractivity contribution is 7.91. The number of ether oxygens (including phenoxy) is 1. The highest BCUT2D eigenvalue weighted by Crippen LogP contribution is 2.34. The van der Waals surface area contributed by atoms with Crippen LogP contribution in [0.2, 0.25) is 10.0 Å². The van der Waals surface area contributed by atoms with Crippen LogP contribution < -0.4 is 0 Å². The first-order valence-electron chi connectivity index (χ1n) is 12.2. The Morgan fingerprint density at radius 3 is 2.14 bits per heavy atom. The summed E-state index contributed by atoms with van der Waals surface area (Å²) in [5.74, 6) is -2.49. The number of nitrogens with zero attached hydrogens (tertiary/aromatic N) is 6. The zero-order valence-electron chi connectivity index (χ0n) is 23.0. The van der Waals surface area contributed by atoms with E-state index in [9.17, 15) is 21.6 Å². The Morgan fingerprint density at radius 2 is 1.63 bits per heavy atom. The lowest BCUT2D eigenvalue weighted by atomic mass is 10.2. The van der Waals surface area contributed by atoms with E-state index in [1.54, 1.807) is 48.3 Å². The Kier molecular flexibility index (Phi) is 10.8. The zero-order chi connectivity index (χ0) is 32.1. The van der Waals surface area contributed by atoms with Crippen molar-refractivity contribution < 1.29 is 36.2 Å². The van der Waals surface area contributed by atoms with E-state index in [0.717, 1.165) is 11.1 Å². The SMILES string of the molecule is CO[C@H](c1ncc(C)cn1)[C@H](C)S(=O)(=O)Cc1nnc(-c2cc(C)ccn2)n1-c1c(Cl)cccc1Cl.O=C(O)C(F)(F)F. The number of sulfone groups is 1. The largest absolute Gasteiger partial charge is 0.490 e. The van der Waals surface area contributed by atoms with Gasteiger partial charge in [0.2, 0.25) is 0 Å². The lowest BCUT2D eigenvalue weighted by Crippen LogP contribution is -2.30. The number of methoxy groups -OCH3 is 1. The minimum absolute atomic E-state index is 0.134. The van der Waals surface area contributed by atoms with Crippen molar-refractivity contribution >= 4 is 39.0 Å². The van der Waals surface area contributed by atoms with Gasteiger partial charge >= 0.3 is 12.1 Å². The zero-order valence-corrected chi connectivity index (χ0v) is 25.4. The molecule has 4 rings (SSSR count). The summed E-state index contributed by atoms with van der Waals surface area (Å²) < 4.78 is 66.0. The molecule has 11 nitrogen and oxygen atoms in total. The number of aromatic nitrogens is 6. The molecular weight excluding hydrogens is 636 g/mol. The van der Waals surface area contributed by atoms with Crippen molar-refractivity contribution in [2.45, 2.75) is 44.1 Å². The standard InChI is InChI=1S/C24H24Cl2N6O3S.C2HF3O2/c1-14-8-9-27-19(10-14)24-31-30-20(32(24)21-17(25)6-5-7-18(21)26)13-36(33,34)16(3)22(35-4)23-28-11-15(2)12-29-23;3-2(4,5)1(6)7/h5-12,16,22H,13H2,1-4H3;(H,6,7)/t16-,22-;/m0./s1. The topological polar surface area (TPSA) is 150 Å². The first kappa shape index (κ1) is 33.8. The summed E-state index contributed by atoms with van der Waals surface area (Å²) in [5, 5.41) is 15.3. The third-order valence-corrected chi connectivity index (χ3v) is 8.56. The van der Waals surface area contributed by atoms with Gasteiger partial charge in [0, 0.05) is 25.7 Å². The van der Waals surface area contributed by atoms with Gasteiger partial charge in [0.05, 0.1) is 21.0 Å². The van der Waals surface area contributed by atoms with E-state index in [4.69, 9.17) is 37.8 Å². The van der Waals surface area contributed by atoms with Gasteiger partial charge in [-0.25, -0.2) is 23.2 Å². The van der Waals surface area contributed by atoms with Crippen molar-refractivity contribution in [2.75, 3.05) is 7.11 Å². The van der Waals surface area contributed by atoms with Gasteiger partial charge in [-0.05, 0) is 56.2 Å². The van der Waals surface area contributed by atoms with Crippen LogP contribution in [0.5, 0.6) is 0 Å². The molecule has 0 spiro atoms. The summed E-state index contributed by atoms with van der Waals surface area (Å²) in [6.45, 7) is 5.32. The number of hydrogen-bond acceptors (Lipinski definition) is 9. The molecule has 3 aromatic heterocycles. The highest BCUT2D eigenvalue weighted by atomic mass is 35.5. The van der Waals surface area contributed by atoms with E-state index in [-0.39, 0.29) is 11.6 Å². The second-order valence-corrected chi connectivity index (χ2v) is 12.3. The molecule has 0 amide bonds. The molecule has 0 aliphatic carbocycles. The third-order valence-electron chi connectivity index (χ3n) is 5.91. The molecule has 3 heterocycles. The van der Waals surface area contributed by atoms with Crippen molar-refractivity contribution in [3.05, 3.63) is 81.7 Å². The molecule has 2 atom stereocenters. The van der Waals surface area contributed by atoms with E-state index in [2.05, 4.69) is 25.1 Å².